The second kappa shape index (κ2) is 7.09. The number of aromatic amines is 1. The van der Waals surface area contributed by atoms with Gasteiger partial charge in [-0.25, -0.2) is 9.78 Å². The highest BCUT2D eigenvalue weighted by Gasteiger charge is 2.16. The fourth-order valence-electron chi connectivity index (χ4n) is 2.85. The molecule has 3 heterocycles. The van der Waals surface area contributed by atoms with E-state index in [1.54, 1.807) is 30.1 Å². The number of H-pyrrole nitrogens is 1. The highest BCUT2D eigenvalue weighted by molar-refractivity contribution is 6.38. The normalized spacial score (nSPS) is 10.8. The molecule has 0 aliphatic carbocycles. The van der Waals surface area contributed by atoms with Crippen molar-refractivity contribution in [1.29, 1.82) is 5.26 Å². The van der Waals surface area contributed by atoms with E-state index in [1.807, 2.05) is 17.1 Å². The van der Waals surface area contributed by atoms with E-state index < -0.39 is 16.9 Å². The van der Waals surface area contributed by atoms with Gasteiger partial charge < -0.3 is 4.74 Å². The van der Waals surface area contributed by atoms with Crippen molar-refractivity contribution in [2.24, 2.45) is 0 Å². The van der Waals surface area contributed by atoms with Gasteiger partial charge in [-0.3, -0.25) is 14.3 Å². The van der Waals surface area contributed by atoms with Crippen molar-refractivity contribution in [2.75, 3.05) is 7.11 Å². The number of halogens is 2. The van der Waals surface area contributed by atoms with Crippen LogP contribution in [0.3, 0.4) is 0 Å². The second-order valence-corrected chi connectivity index (χ2v) is 6.68. The molecule has 0 saturated heterocycles. The fourth-order valence-corrected chi connectivity index (χ4v) is 3.51. The summed E-state index contributed by atoms with van der Waals surface area (Å²) in [4.78, 5) is 30.0. The molecule has 1 N–H and O–H groups in total. The van der Waals surface area contributed by atoms with E-state index in [4.69, 9.17) is 33.2 Å². The monoisotopic (exact) mass is 428 g/mol. The molecule has 4 rings (SSSR count). The molecular formula is C18H10Cl2N6O3. The van der Waals surface area contributed by atoms with E-state index >= 15 is 0 Å². The van der Waals surface area contributed by atoms with Crippen molar-refractivity contribution in [1.82, 2.24) is 24.3 Å². The Morgan fingerprint density at radius 3 is 2.59 bits per heavy atom. The molecule has 0 bridgehead atoms. The zero-order chi connectivity index (χ0) is 20.7. The first-order valence-corrected chi connectivity index (χ1v) is 8.83. The summed E-state index contributed by atoms with van der Waals surface area (Å²) >= 11 is 12.9. The van der Waals surface area contributed by atoms with E-state index in [-0.39, 0.29) is 15.7 Å². The first kappa shape index (κ1) is 18.7. The summed E-state index contributed by atoms with van der Waals surface area (Å²) in [6.45, 7) is 0. The van der Waals surface area contributed by atoms with Crippen molar-refractivity contribution in [3.63, 3.8) is 0 Å². The molecule has 3 aromatic heterocycles. The Morgan fingerprint density at radius 2 is 1.93 bits per heavy atom. The van der Waals surface area contributed by atoms with Gasteiger partial charge in [-0.15, -0.1) is 5.10 Å². The van der Waals surface area contributed by atoms with Crippen LogP contribution in [0.15, 0.2) is 46.2 Å². The van der Waals surface area contributed by atoms with Crippen molar-refractivity contribution in [3.8, 4) is 23.2 Å². The average molecular weight is 429 g/mol. The van der Waals surface area contributed by atoms with Gasteiger partial charge in [0, 0.05) is 11.6 Å². The van der Waals surface area contributed by atoms with Gasteiger partial charge >= 0.3 is 5.69 Å². The molecule has 144 valence electrons. The third-order valence-corrected chi connectivity index (χ3v) is 4.73. The van der Waals surface area contributed by atoms with E-state index in [1.165, 1.54) is 12.1 Å². The largest absolute Gasteiger partial charge is 0.495 e. The number of pyridine rings is 1. The molecule has 0 unspecified atom stereocenters. The predicted molar refractivity (Wildman–Crippen MR) is 106 cm³/mol. The van der Waals surface area contributed by atoms with Gasteiger partial charge in [-0.2, -0.15) is 9.94 Å². The van der Waals surface area contributed by atoms with E-state index in [0.717, 1.165) is 10.1 Å². The van der Waals surface area contributed by atoms with Crippen LogP contribution >= 0.6 is 23.2 Å². The van der Waals surface area contributed by atoms with Crippen LogP contribution in [0, 0.1) is 11.3 Å². The van der Waals surface area contributed by atoms with Crippen LogP contribution in [0.25, 0.3) is 22.4 Å². The van der Waals surface area contributed by atoms with Crippen LogP contribution in [0.4, 0.5) is 0 Å². The van der Waals surface area contributed by atoms with Crippen molar-refractivity contribution in [2.45, 2.75) is 0 Å². The molecule has 0 aliphatic rings. The molecule has 0 amide bonds. The van der Waals surface area contributed by atoms with Crippen molar-refractivity contribution >= 4 is 34.2 Å². The van der Waals surface area contributed by atoms with Gasteiger partial charge in [0.15, 0.2) is 0 Å². The molecule has 9 nitrogen and oxygen atoms in total. The molecule has 0 radical (unpaired) electrons. The Hall–Kier alpha value is -3.61. The lowest BCUT2D eigenvalue weighted by Crippen LogP contribution is -2.33. The summed E-state index contributed by atoms with van der Waals surface area (Å²) in [6, 6.07) is 8.18. The maximum absolute atomic E-state index is 12.1. The fraction of sp³-hybridized carbons (Fsp3) is 0.0556. The van der Waals surface area contributed by atoms with Gasteiger partial charge in [0.1, 0.15) is 17.5 Å². The number of nitrogens with one attached hydrogen (secondary N) is 1. The molecule has 0 fully saturated rings. The maximum Gasteiger partial charge on any atom is 0.349 e. The third-order valence-electron chi connectivity index (χ3n) is 4.16. The minimum Gasteiger partial charge on any atom is -0.495 e. The highest BCUT2D eigenvalue weighted by atomic mass is 35.5. The molecule has 29 heavy (non-hydrogen) atoms. The van der Waals surface area contributed by atoms with Crippen LogP contribution in [-0.4, -0.2) is 31.4 Å². The molecule has 0 atom stereocenters. The van der Waals surface area contributed by atoms with Gasteiger partial charge in [-0.1, -0.05) is 23.2 Å². The Morgan fingerprint density at radius 1 is 1.21 bits per heavy atom. The van der Waals surface area contributed by atoms with E-state index in [2.05, 4.69) is 10.1 Å². The standard InChI is InChI=1S/C18H10Cl2N6O3/c1-29-11-4-9-2-3-25(16(9)22-8-11)15-12(19)5-10(6-13(15)20)26-18(28)23-17(27)14(7-21)24-26/h2-6,8H,1H3,(H,23,27,28). The van der Waals surface area contributed by atoms with Crippen LogP contribution in [-0.2, 0) is 0 Å². The van der Waals surface area contributed by atoms with Crippen LogP contribution in [0.5, 0.6) is 5.75 Å². The molecule has 11 heteroatoms. The minimum atomic E-state index is -0.872. The summed E-state index contributed by atoms with van der Waals surface area (Å²) in [5, 5.41) is 14.0. The number of nitrogens with zero attached hydrogens (tertiary/aromatic N) is 5. The van der Waals surface area contributed by atoms with E-state index in [9.17, 15) is 9.59 Å². The van der Waals surface area contributed by atoms with Gasteiger partial charge in [-0.05, 0) is 24.3 Å². The van der Waals surface area contributed by atoms with Gasteiger partial charge in [0.25, 0.3) is 5.56 Å². The number of aromatic nitrogens is 5. The second-order valence-electron chi connectivity index (χ2n) is 5.86. The van der Waals surface area contributed by atoms with Gasteiger partial charge in [0.05, 0.1) is 34.7 Å². The lowest BCUT2D eigenvalue weighted by molar-refractivity contribution is 0.413. The zero-order valence-electron chi connectivity index (χ0n) is 14.7. The molecule has 1 aromatic carbocycles. The summed E-state index contributed by atoms with van der Waals surface area (Å²) in [5.41, 5.74) is -0.920. The number of hydrogen-bond acceptors (Lipinski definition) is 6. The lowest BCUT2D eigenvalue weighted by atomic mass is 10.2. The highest BCUT2D eigenvalue weighted by Crippen LogP contribution is 2.34. The first-order chi connectivity index (χ1) is 13.9. The maximum atomic E-state index is 12.1. The number of benzene rings is 1. The summed E-state index contributed by atoms with van der Waals surface area (Å²) in [6.07, 6.45) is 3.32. The smallest absolute Gasteiger partial charge is 0.349 e. The molecular weight excluding hydrogens is 419 g/mol. The summed E-state index contributed by atoms with van der Waals surface area (Å²) < 4.78 is 7.72. The zero-order valence-corrected chi connectivity index (χ0v) is 16.2. The number of nitriles is 1. The van der Waals surface area contributed by atoms with Crippen LogP contribution < -0.4 is 16.0 Å². The predicted octanol–water partition coefficient (Wildman–Crippen LogP) is 2.45. The summed E-state index contributed by atoms with van der Waals surface area (Å²) in [7, 11) is 1.55. The number of ether oxygens (including phenoxy) is 1. The lowest BCUT2D eigenvalue weighted by Gasteiger charge is -2.12. The van der Waals surface area contributed by atoms with E-state index in [0.29, 0.717) is 17.1 Å². The third kappa shape index (κ3) is 3.14. The topological polar surface area (TPSA) is 119 Å². The SMILES string of the molecule is COc1cnc2c(ccn2-c2c(Cl)cc(-n3nc(C#N)c(=O)[nH]c3=O)cc2Cl)c1. The van der Waals surface area contributed by atoms with Crippen molar-refractivity contribution in [3.05, 3.63) is 73.2 Å². The Balaban J connectivity index is 1.89. The number of hydrogen-bond donors (Lipinski definition) is 1. The Kier molecular flexibility index (Phi) is 4.58. The average Bonchev–Trinajstić information content (AvgIpc) is 3.10. The molecule has 4 aromatic rings. The van der Waals surface area contributed by atoms with Crippen LogP contribution in [0.1, 0.15) is 5.69 Å². The number of rotatable bonds is 3. The molecule has 0 saturated carbocycles. The van der Waals surface area contributed by atoms with Crippen molar-refractivity contribution < 1.29 is 4.74 Å². The quantitative estimate of drug-likeness (QED) is 0.535. The first-order valence-electron chi connectivity index (χ1n) is 8.07. The number of methoxy groups -OCH3 is 1. The summed E-state index contributed by atoms with van der Waals surface area (Å²) in [5.74, 6) is 0.611. The number of fused-ring (bicyclic) bond motifs is 1. The molecule has 0 spiro atoms. The minimum absolute atomic E-state index is 0.188. The van der Waals surface area contributed by atoms with Gasteiger partial charge in [0.2, 0.25) is 5.69 Å². The van der Waals surface area contributed by atoms with Crippen LogP contribution in [0.2, 0.25) is 10.0 Å². The Labute approximate surface area is 172 Å². The molecule has 0 aliphatic heterocycles. The Bertz CT molecular complexity index is 1410.